The van der Waals surface area contributed by atoms with Gasteiger partial charge in [-0.25, -0.2) is 0 Å². The lowest BCUT2D eigenvalue weighted by molar-refractivity contribution is 0.720. The lowest BCUT2D eigenvalue weighted by Gasteiger charge is -2.03. The molecule has 3 aromatic rings. The van der Waals surface area contributed by atoms with Crippen LogP contribution in [0.2, 0.25) is 5.02 Å². The Hall–Kier alpha value is -1.72. The van der Waals surface area contributed by atoms with Gasteiger partial charge in [0.2, 0.25) is 5.82 Å². The summed E-state index contributed by atoms with van der Waals surface area (Å²) in [6.45, 7) is 0. The highest BCUT2D eigenvalue weighted by Gasteiger charge is 2.10. The Morgan fingerprint density at radius 3 is 2.60 bits per heavy atom. The zero-order valence-electron chi connectivity index (χ0n) is 10.4. The summed E-state index contributed by atoms with van der Waals surface area (Å²) >= 11 is 9.65. The molecule has 1 heterocycles. The van der Waals surface area contributed by atoms with Crippen LogP contribution < -0.4 is 0 Å². The molecule has 0 saturated carbocycles. The van der Waals surface area contributed by atoms with Crippen molar-refractivity contribution in [1.82, 2.24) is 20.2 Å². The molecule has 0 amide bonds. The highest BCUT2D eigenvalue weighted by atomic mass is 79.9. The molecule has 0 radical (unpaired) electrons. The van der Waals surface area contributed by atoms with Crippen LogP contribution in [-0.2, 0) is 5.33 Å². The molecule has 0 fully saturated rings. The Bertz CT molecular complexity index is 727. The molecule has 1 aromatic heterocycles. The normalized spacial score (nSPS) is 10.7. The summed E-state index contributed by atoms with van der Waals surface area (Å²) in [5.41, 5.74) is 2.74. The highest BCUT2D eigenvalue weighted by molar-refractivity contribution is 9.08. The average Bonchev–Trinajstić information content (AvgIpc) is 2.97. The van der Waals surface area contributed by atoms with E-state index >= 15 is 0 Å². The summed E-state index contributed by atoms with van der Waals surface area (Å²) < 4.78 is 0. The summed E-state index contributed by atoms with van der Waals surface area (Å²) in [5, 5.41) is 13.8. The van der Waals surface area contributed by atoms with E-state index in [0.29, 0.717) is 16.5 Å². The molecule has 0 spiro atoms. The van der Waals surface area contributed by atoms with Crippen LogP contribution in [0, 0.1) is 0 Å². The summed E-state index contributed by atoms with van der Waals surface area (Å²) in [4.78, 5) is 1.45. The second kappa shape index (κ2) is 5.73. The van der Waals surface area contributed by atoms with Crippen LogP contribution in [0.5, 0.6) is 0 Å². The third-order valence-corrected chi connectivity index (χ3v) is 3.78. The monoisotopic (exact) mass is 348 g/mol. The van der Waals surface area contributed by atoms with Gasteiger partial charge in [-0.05, 0) is 22.9 Å². The molecule has 3 rings (SSSR count). The fraction of sp³-hybridized carbons (Fsp3) is 0.0714. The van der Waals surface area contributed by atoms with E-state index in [9.17, 15) is 0 Å². The van der Waals surface area contributed by atoms with E-state index in [2.05, 4.69) is 31.3 Å². The molecule has 6 heteroatoms. The van der Waals surface area contributed by atoms with Crippen molar-refractivity contribution in [2.45, 2.75) is 5.33 Å². The molecule has 0 aliphatic rings. The van der Waals surface area contributed by atoms with Crippen molar-refractivity contribution in [2.75, 3.05) is 0 Å². The SMILES string of the molecule is Clc1cc(CBr)ccc1-n1nnc(-c2ccccc2)n1. The maximum atomic E-state index is 6.25. The summed E-state index contributed by atoms with van der Waals surface area (Å²) in [7, 11) is 0. The molecule has 0 unspecified atom stereocenters. The number of halogens is 2. The predicted molar refractivity (Wildman–Crippen MR) is 82.2 cm³/mol. The zero-order valence-corrected chi connectivity index (χ0v) is 12.7. The number of alkyl halides is 1. The van der Waals surface area contributed by atoms with Crippen molar-refractivity contribution in [3.8, 4) is 17.1 Å². The van der Waals surface area contributed by atoms with Gasteiger partial charge in [-0.3, -0.25) is 0 Å². The molecule has 4 nitrogen and oxygen atoms in total. The van der Waals surface area contributed by atoms with Gasteiger partial charge < -0.3 is 0 Å². The molecular formula is C14H10BrClN4. The van der Waals surface area contributed by atoms with E-state index < -0.39 is 0 Å². The maximum absolute atomic E-state index is 6.25. The predicted octanol–water partition coefficient (Wildman–Crippen LogP) is 3.88. The van der Waals surface area contributed by atoms with Gasteiger partial charge in [0.05, 0.1) is 5.02 Å². The summed E-state index contributed by atoms with van der Waals surface area (Å²) in [5.74, 6) is 0.575. The van der Waals surface area contributed by atoms with Gasteiger partial charge in [0.15, 0.2) is 0 Å². The lowest BCUT2D eigenvalue weighted by atomic mass is 10.2. The van der Waals surface area contributed by atoms with Crippen LogP contribution in [0.3, 0.4) is 0 Å². The second-order valence-corrected chi connectivity index (χ2v) is 5.16. The first-order chi connectivity index (χ1) is 9.78. The van der Waals surface area contributed by atoms with E-state index in [1.807, 2.05) is 48.5 Å². The minimum absolute atomic E-state index is 0.575. The molecule has 100 valence electrons. The van der Waals surface area contributed by atoms with Crippen molar-refractivity contribution in [3.63, 3.8) is 0 Å². The standard InChI is InChI=1S/C14H10BrClN4/c15-9-10-6-7-13(12(16)8-10)20-18-14(17-19-20)11-4-2-1-3-5-11/h1-8H,9H2. The van der Waals surface area contributed by atoms with Crippen molar-refractivity contribution >= 4 is 27.5 Å². The minimum atomic E-state index is 0.575. The van der Waals surface area contributed by atoms with Gasteiger partial charge >= 0.3 is 0 Å². The molecule has 0 N–H and O–H groups in total. The summed E-state index contributed by atoms with van der Waals surface area (Å²) in [6, 6.07) is 15.5. The van der Waals surface area contributed by atoms with E-state index in [1.165, 1.54) is 4.80 Å². The number of tetrazole rings is 1. The van der Waals surface area contributed by atoms with Gasteiger partial charge in [-0.15, -0.1) is 15.0 Å². The van der Waals surface area contributed by atoms with Gasteiger partial charge in [0.1, 0.15) is 5.69 Å². The Balaban J connectivity index is 1.98. The summed E-state index contributed by atoms with van der Waals surface area (Å²) in [6.07, 6.45) is 0. The third kappa shape index (κ3) is 2.59. The van der Waals surface area contributed by atoms with Crippen molar-refractivity contribution < 1.29 is 0 Å². The molecule has 0 aliphatic carbocycles. The van der Waals surface area contributed by atoms with Crippen LogP contribution >= 0.6 is 27.5 Å². The molecule has 20 heavy (non-hydrogen) atoms. The molecular weight excluding hydrogens is 340 g/mol. The number of nitrogens with zero attached hydrogens (tertiary/aromatic N) is 4. The second-order valence-electron chi connectivity index (χ2n) is 4.19. The van der Waals surface area contributed by atoms with Gasteiger partial charge in [-0.1, -0.05) is 63.9 Å². The van der Waals surface area contributed by atoms with Crippen molar-refractivity contribution in [2.24, 2.45) is 0 Å². The molecule has 0 saturated heterocycles. The Morgan fingerprint density at radius 2 is 1.90 bits per heavy atom. The van der Waals surface area contributed by atoms with Crippen LogP contribution in [0.1, 0.15) is 5.56 Å². The molecule has 0 aliphatic heterocycles. The number of aromatic nitrogens is 4. The van der Waals surface area contributed by atoms with Crippen LogP contribution in [-0.4, -0.2) is 20.2 Å². The minimum Gasteiger partial charge on any atom is -0.129 e. The Morgan fingerprint density at radius 1 is 1.10 bits per heavy atom. The van der Waals surface area contributed by atoms with E-state index in [-0.39, 0.29) is 0 Å². The van der Waals surface area contributed by atoms with Crippen LogP contribution in [0.25, 0.3) is 17.1 Å². The quantitative estimate of drug-likeness (QED) is 0.674. The Kier molecular flexibility index (Phi) is 3.80. The lowest BCUT2D eigenvalue weighted by Crippen LogP contribution is -2.00. The topological polar surface area (TPSA) is 43.6 Å². The zero-order chi connectivity index (χ0) is 13.9. The van der Waals surface area contributed by atoms with Gasteiger partial charge in [0.25, 0.3) is 0 Å². The van der Waals surface area contributed by atoms with E-state index in [0.717, 1.165) is 16.5 Å². The largest absolute Gasteiger partial charge is 0.205 e. The van der Waals surface area contributed by atoms with Crippen molar-refractivity contribution in [3.05, 3.63) is 59.1 Å². The first kappa shape index (κ1) is 13.3. The van der Waals surface area contributed by atoms with Crippen molar-refractivity contribution in [1.29, 1.82) is 0 Å². The first-order valence-electron chi connectivity index (χ1n) is 5.98. The highest BCUT2D eigenvalue weighted by Crippen LogP contribution is 2.22. The van der Waals surface area contributed by atoms with Crippen LogP contribution in [0.15, 0.2) is 48.5 Å². The third-order valence-electron chi connectivity index (χ3n) is 2.83. The number of benzene rings is 2. The maximum Gasteiger partial charge on any atom is 0.205 e. The first-order valence-corrected chi connectivity index (χ1v) is 7.48. The van der Waals surface area contributed by atoms with Gasteiger partial charge in [-0.2, -0.15) is 0 Å². The molecule has 0 bridgehead atoms. The van der Waals surface area contributed by atoms with E-state index in [1.54, 1.807) is 0 Å². The fourth-order valence-electron chi connectivity index (χ4n) is 1.81. The molecule has 0 atom stereocenters. The van der Waals surface area contributed by atoms with Gasteiger partial charge in [0, 0.05) is 10.9 Å². The number of rotatable bonds is 3. The number of hydrogen-bond acceptors (Lipinski definition) is 3. The molecule has 2 aromatic carbocycles. The number of hydrogen-bond donors (Lipinski definition) is 0. The smallest absolute Gasteiger partial charge is 0.129 e. The fourth-order valence-corrected chi connectivity index (χ4v) is 2.44. The average molecular weight is 350 g/mol. The Labute approximate surface area is 129 Å². The van der Waals surface area contributed by atoms with E-state index in [4.69, 9.17) is 11.6 Å². The van der Waals surface area contributed by atoms with Crippen LogP contribution in [0.4, 0.5) is 0 Å².